The van der Waals surface area contributed by atoms with Gasteiger partial charge in [0.15, 0.2) is 0 Å². The molecule has 0 atom stereocenters. The van der Waals surface area contributed by atoms with Crippen molar-refractivity contribution in [3.8, 4) is 0 Å². The number of likely N-dealkylation sites (N-methyl/N-ethyl adjacent to an activating group) is 1. The number of nitrogens with one attached hydrogen (secondary N) is 1. The second kappa shape index (κ2) is 7.26. The Bertz CT molecular complexity index is 590. The van der Waals surface area contributed by atoms with E-state index in [1.807, 2.05) is 6.92 Å². The van der Waals surface area contributed by atoms with Crippen molar-refractivity contribution in [2.24, 2.45) is 0 Å². The largest absolute Gasteiger partial charge is 0.355 e. The third-order valence-corrected chi connectivity index (χ3v) is 5.32. The van der Waals surface area contributed by atoms with E-state index in [9.17, 15) is 13.2 Å². The summed E-state index contributed by atoms with van der Waals surface area (Å²) in [6.45, 7) is 2.14. The number of hydrogen-bond acceptors (Lipinski definition) is 3. The van der Waals surface area contributed by atoms with Gasteiger partial charge in [-0.15, -0.1) is 0 Å². The molecule has 1 N–H and O–H groups in total. The van der Waals surface area contributed by atoms with Crippen LogP contribution in [-0.4, -0.2) is 38.8 Å². The van der Waals surface area contributed by atoms with Crippen LogP contribution in [0.3, 0.4) is 0 Å². The summed E-state index contributed by atoms with van der Waals surface area (Å²) in [4.78, 5) is 11.5. The maximum absolute atomic E-state index is 12.3. The van der Waals surface area contributed by atoms with Crippen molar-refractivity contribution in [1.29, 1.82) is 0 Å². The van der Waals surface area contributed by atoms with Crippen LogP contribution in [0, 0.1) is 0 Å². The number of carbonyl (C=O) groups is 1. The molecule has 0 fully saturated rings. The van der Waals surface area contributed by atoms with Crippen LogP contribution >= 0.6 is 23.2 Å². The lowest BCUT2D eigenvalue weighted by Crippen LogP contribution is -2.38. The van der Waals surface area contributed by atoms with E-state index in [0.717, 1.165) is 10.7 Å². The number of sulfonamides is 1. The van der Waals surface area contributed by atoms with E-state index in [2.05, 4.69) is 5.32 Å². The van der Waals surface area contributed by atoms with Gasteiger partial charge in [-0.3, -0.25) is 4.79 Å². The lowest BCUT2D eigenvalue weighted by molar-refractivity contribution is -0.121. The molecule has 1 rings (SSSR count). The first-order chi connectivity index (χ1) is 9.30. The van der Waals surface area contributed by atoms with Gasteiger partial charge < -0.3 is 5.32 Å². The van der Waals surface area contributed by atoms with Gasteiger partial charge in [-0.05, 0) is 18.6 Å². The molecule has 0 aliphatic heterocycles. The highest BCUT2D eigenvalue weighted by Gasteiger charge is 2.26. The molecule has 20 heavy (non-hydrogen) atoms. The van der Waals surface area contributed by atoms with Crippen LogP contribution in [0.4, 0.5) is 0 Å². The summed E-state index contributed by atoms with van der Waals surface area (Å²) < 4.78 is 25.6. The SMILES string of the molecule is CCCNC(=O)CN(C)S(=O)(=O)c1cccc(Cl)c1Cl. The zero-order valence-corrected chi connectivity index (χ0v) is 13.5. The normalized spacial score (nSPS) is 11.7. The van der Waals surface area contributed by atoms with Crippen molar-refractivity contribution >= 4 is 39.1 Å². The summed E-state index contributed by atoms with van der Waals surface area (Å²) in [6, 6.07) is 4.34. The molecule has 0 unspecified atom stereocenters. The Balaban J connectivity index is 2.93. The van der Waals surface area contributed by atoms with Gasteiger partial charge in [-0.25, -0.2) is 8.42 Å². The van der Waals surface area contributed by atoms with Gasteiger partial charge in [0.05, 0.1) is 16.6 Å². The monoisotopic (exact) mass is 338 g/mol. The summed E-state index contributed by atoms with van der Waals surface area (Å²) in [5.41, 5.74) is 0. The molecule has 1 amide bonds. The Morgan fingerprint density at radius 2 is 2.00 bits per heavy atom. The van der Waals surface area contributed by atoms with Crippen LogP contribution in [0.5, 0.6) is 0 Å². The minimum Gasteiger partial charge on any atom is -0.355 e. The third-order valence-electron chi connectivity index (χ3n) is 2.54. The molecule has 0 heterocycles. The number of benzene rings is 1. The quantitative estimate of drug-likeness (QED) is 0.864. The number of hydrogen-bond donors (Lipinski definition) is 1. The Morgan fingerprint density at radius 1 is 1.35 bits per heavy atom. The van der Waals surface area contributed by atoms with Gasteiger partial charge >= 0.3 is 0 Å². The highest BCUT2D eigenvalue weighted by molar-refractivity contribution is 7.89. The molecule has 1 aromatic rings. The van der Waals surface area contributed by atoms with Gasteiger partial charge in [-0.2, -0.15) is 4.31 Å². The zero-order valence-electron chi connectivity index (χ0n) is 11.2. The van der Waals surface area contributed by atoms with Gasteiger partial charge in [0.1, 0.15) is 4.90 Å². The van der Waals surface area contributed by atoms with Gasteiger partial charge in [-0.1, -0.05) is 36.2 Å². The molecule has 5 nitrogen and oxygen atoms in total. The van der Waals surface area contributed by atoms with Gasteiger partial charge in [0, 0.05) is 13.6 Å². The molecule has 112 valence electrons. The molecule has 0 bridgehead atoms. The average molecular weight is 339 g/mol. The summed E-state index contributed by atoms with van der Waals surface area (Å²) in [7, 11) is -2.54. The molecule has 0 saturated carbocycles. The topological polar surface area (TPSA) is 66.5 Å². The van der Waals surface area contributed by atoms with Crippen LogP contribution < -0.4 is 5.32 Å². The standard InChI is InChI=1S/C12H16Cl2N2O3S/c1-3-7-15-11(17)8-16(2)20(18,19)10-6-4-5-9(13)12(10)14/h4-6H,3,7-8H2,1-2H3,(H,15,17). The fraction of sp³-hybridized carbons (Fsp3) is 0.417. The third kappa shape index (κ3) is 4.09. The Hall–Kier alpha value is -0.820. The Morgan fingerprint density at radius 3 is 2.60 bits per heavy atom. The van der Waals surface area contributed by atoms with Crippen molar-refractivity contribution in [2.45, 2.75) is 18.2 Å². The number of amides is 1. The summed E-state index contributed by atoms with van der Waals surface area (Å²) >= 11 is 11.7. The summed E-state index contributed by atoms with van der Waals surface area (Å²) in [5, 5.41) is 2.71. The first kappa shape index (κ1) is 17.2. The predicted molar refractivity (Wildman–Crippen MR) is 79.6 cm³/mol. The maximum Gasteiger partial charge on any atom is 0.244 e. The first-order valence-corrected chi connectivity index (χ1v) is 8.17. The van der Waals surface area contributed by atoms with Crippen LogP contribution in [0.1, 0.15) is 13.3 Å². The fourth-order valence-electron chi connectivity index (χ4n) is 1.46. The molecule has 0 spiro atoms. The van der Waals surface area contributed by atoms with Crippen LogP contribution in [0.2, 0.25) is 10.0 Å². The van der Waals surface area contributed by atoms with Crippen LogP contribution in [0.25, 0.3) is 0 Å². The highest BCUT2D eigenvalue weighted by Crippen LogP contribution is 2.30. The van der Waals surface area contributed by atoms with E-state index in [4.69, 9.17) is 23.2 Å². The van der Waals surface area contributed by atoms with Crippen LogP contribution in [0.15, 0.2) is 23.1 Å². The van der Waals surface area contributed by atoms with Crippen molar-refractivity contribution in [3.05, 3.63) is 28.2 Å². The molecular formula is C12H16Cl2N2O3S. The molecule has 8 heteroatoms. The zero-order chi connectivity index (χ0) is 15.3. The Labute approximate surface area is 128 Å². The van der Waals surface area contributed by atoms with E-state index in [1.54, 1.807) is 0 Å². The fourth-order valence-corrected chi connectivity index (χ4v) is 3.32. The van der Waals surface area contributed by atoms with E-state index in [0.29, 0.717) is 6.54 Å². The summed E-state index contributed by atoms with van der Waals surface area (Å²) in [5.74, 6) is -0.365. The molecule has 0 aliphatic carbocycles. The second-order valence-corrected chi connectivity index (χ2v) is 6.96. The van der Waals surface area contributed by atoms with E-state index in [-0.39, 0.29) is 27.4 Å². The van der Waals surface area contributed by atoms with Crippen molar-refractivity contribution in [1.82, 2.24) is 9.62 Å². The second-order valence-electron chi connectivity index (χ2n) is 4.16. The van der Waals surface area contributed by atoms with Crippen LogP contribution in [-0.2, 0) is 14.8 Å². The lowest BCUT2D eigenvalue weighted by Gasteiger charge is -2.17. The first-order valence-electron chi connectivity index (χ1n) is 5.97. The summed E-state index contributed by atoms with van der Waals surface area (Å²) in [6.07, 6.45) is 0.780. The molecule has 1 aromatic carbocycles. The van der Waals surface area contributed by atoms with Gasteiger partial charge in [0.2, 0.25) is 15.9 Å². The predicted octanol–water partition coefficient (Wildman–Crippen LogP) is 2.14. The Kier molecular flexibility index (Phi) is 6.26. The lowest BCUT2D eigenvalue weighted by atomic mass is 10.4. The van der Waals surface area contributed by atoms with E-state index < -0.39 is 10.0 Å². The molecule has 0 aliphatic rings. The van der Waals surface area contributed by atoms with Crippen molar-refractivity contribution < 1.29 is 13.2 Å². The van der Waals surface area contributed by atoms with E-state index in [1.165, 1.54) is 25.2 Å². The van der Waals surface area contributed by atoms with Gasteiger partial charge in [0.25, 0.3) is 0 Å². The molecule has 0 radical (unpaired) electrons. The molecule has 0 saturated heterocycles. The number of nitrogens with zero attached hydrogens (tertiary/aromatic N) is 1. The maximum atomic E-state index is 12.3. The number of halogens is 2. The molecular weight excluding hydrogens is 323 g/mol. The minimum atomic E-state index is -3.86. The van der Waals surface area contributed by atoms with E-state index >= 15 is 0 Å². The average Bonchev–Trinajstić information content (AvgIpc) is 2.39. The smallest absolute Gasteiger partial charge is 0.244 e. The number of carbonyl (C=O) groups excluding carboxylic acids is 1. The molecule has 0 aromatic heterocycles. The van der Waals surface area contributed by atoms with Crippen molar-refractivity contribution in [3.63, 3.8) is 0 Å². The number of rotatable bonds is 6. The van der Waals surface area contributed by atoms with Crippen molar-refractivity contribution in [2.75, 3.05) is 20.1 Å². The highest BCUT2D eigenvalue weighted by atomic mass is 35.5. The minimum absolute atomic E-state index is 0.0463.